The topological polar surface area (TPSA) is 102 Å². The molecular weight excluding hydrogens is 362 g/mol. The van der Waals surface area contributed by atoms with Crippen LogP contribution in [-0.4, -0.2) is 47.9 Å². The number of nitrogens with one attached hydrogen (secondary N) is 1. The van der Waals surface area contributed by atoms with Gasteiger partial charge >= 0.3 is 0 Å². The molecule has 0 atom stereocenters. The molecule has 0 spiro atoms. The van der Waals surface area contributed by atoms with Gasteiger partial charge in [-0.1, -0.05) is 6.07 Å². The van der Waals surface area contributed by atoms with Crippen LogP contribution in [0.25, 0.3) is 6.08 Å². The minimum atomic E-state index is -0.481. The maximum atomic E-state index is 12.5. The Morgan fingerprint density at radius 1 is 1.11 bits per heavy atom. The van der Waals surface area contributed by atoms with Crippen molar-refractivity contribution in [1.82, 2.24) is 4.90 Å². The molecule has 144 valence electrons. The molecule has 0 aromatic heterocycles. The Hall–Kier alpha value is -3.52. The highest BCUT2D eigenvalue weighted by molar-refractivity contribution is 6.03. The number of hydrogen-bond donors (Lipinski definition) is 1. The fourth-order valence-corrected chi connectivity index (χ4v) is 2.74. The molecule has 2 aromatic carbocycles. The Labute approximate surface area is 161 Å². The van der Waals surface area contributed by atoms with E-state index in [1.54, 1.807) is 47.4 Å². The number of ether oxygens (including phenoxy) is 1. The van der Waals surface area contributed by atoms with Gasteiger partial charge in [-0.25, -0.2) is 0 Å². The van der Waals surface area contributed by atoms with Crippen molar-refractivity contribution in [1.29, 1.82) is 0 Å². The van der Waals surface area contributed by atoms with E-state index in [2.05, 4.69) is 5.32 Å². The molecule has 1 N–H and O–H groups in total. The van der Waals surface area contributed by atoms with Crippen LogP contribution in [-0.2, 0) is 9.53 Å². The summed E-state index contributed by atoms with van der Waals surface area (Å²) in [5, 5.41) is 13.4. The van der Waals surface area contributed by atoms with Crippen LogP contribution < -0.4 is 5.32 Å². The number of nitrogens with zero attached hydrogens (tertiary/aromatic N) is 2. The molecule has 1 aliphatic rings. The first-order chi connectivity index (χ1) is 13.5. The molecule has 1 saturated heterocycles. The van der Waals surface area contributed by atoms with E-state index in [0.29, 0.717) is 43.1 Å². The third kappa shape index (κ3) is 5.01. The van der Waals surface area contributed by atoms with Crippen LogP contribution in [0.5, 0.6) is 0 Å². The number of carbonyl (C=O) groups excluding carboxylic acids is 2. The fourth-order valence-electron chi connectivity index (χ4n) is 2.74. The summed E-state index contributed by atoms with van der Waals surface area (Å²) in [5.74, 6) is -0.463. The van der Waals surface area contributed by atoms with Crippen LogP contribution in [0.3, 0.4) is 0 Å². The highest BCUT2D eigenvalue weighted by Gasteiger charge is 2.18. The van der Waals surface area contributed by atoms with Crippen LogP contribution in [0.1, 0.15) is 15.9 Å². The van der Waals surface area contributed by atoms with Gasteiger partial charge in [0.1, 0.15) is 0 Å². The lowest BCUT2D eigenvalue weighted by molar-refractivity contribution is -0.384. The van der Waals surface area contributed by atoms with E-state index >= 15 is 0 Å². The van der Waals surface area contributed by atoms with E-state index in [-0.39, 0.29) is 17.5 Å². The van der Waals surface area contributed by atoms with E-state index in [1.165, 1.54) is 18.2 Å². The van der Waals surface area contributed by atoms with Crippen LogP contribution in [0.15, 0.2) is 54.6 Å². The minimum absolute atomic E-state index is 0.0108. The van der Waals surface area contributed by atoms with Crippen molar-refractivity contribution >= 4 is 29.3 Å². The van der Waals surface area contributed by atoms with Gasteiger partial charge in [0.25, 0.3) is 11.6 Å². The van der Waals surface area contributed by atoms with E-state index in [0.717, 1.165) is 0 Å². The van der Waals surface area contributed by atoms with Gasteiger partial charge in [0, 0.05) is 42.5 Å². The van der Waals surface area contributed by atoms with Gasteiger partial charge in [0.05, 0.1) is 18.1 Å². The van der Waals surface area contributed by atoms with Gasteiger partial charge < -0.3 is 15.0 Å². The van der Waals surface area contributed by atoms with Crippen molar-refractivity contribution in [2.75, 3.05) is 31.6 Å². The second-order valence-electron chi connectivity index (χ2n) is 6.16. The number of carbonyl (C=O) groups is 2. The van der Waals surface area contributed by atoms with Crippen molar-refractivity contribution in [2.24, 2.45) is 0 Å². The van der Waals surface area contributed by atoms with E-state index in [9.17, 15) is 19.7 Å². The number of nitro benzene ring substituents is 1. The Kier molecular flexibility index (Phi) is 6.13. The summed E-state index contributed by atoms with van der Waals surface area (Å²) >= 11 is 0. The lowest BCUT2D eigenvalue weighted by Crippen LogP contribution is -2.40. The van der Waals surface area contributed by atoms with E-state index in [4.69, 9.17) is 4.74 Å². The van der Waals surface area contributed by atoms with Crippen molar-refractivity contribution < 1.29 is 19.2 Å². The molecule has 2 amide bonds. The molecule has 8 heteroatoms. The Balaban J connectivity index is 1.62. The Morgan fingerprint density at radius 2 is 1.82 bits per heavy atom. The summed E-state index contributed by atoms with van der Waals surface area (Å²) in [6.45, 7) is 2.14. The highest BCUT2D eigenvalue weighted by Crippen LogP contribution is 2.15. The van der Waals surface area contributed by atoms with Gasteiger partial charge in [-0.2, -0.15) is 0 Å². The Morgan fingerprint density at radius 3 is 2.50 bits per heavy atom. The normalized spacial score (nSPS) is 14.1. The lowest BCUT2D eigenvalue weighted by Gasteiger charge is -2.27. The number of non-ortho nitro benzene ring substituents is 1. The van der Waals surface area contributed by atoms with Crippen molar-refractivity contribution in [3.05, 3.63) is 75.8 Å². The number of rotatable bonds is 5. The van der Waals surface area contributed by atoms with Gasteiger partial charge in [0.15, 0.2) is 0 Å². The molecule has 0 saturated carbocycles. The van der Waals surface area contributed by atoms with Crippen LogP contribution >= 0.6 is 0 Å². The smallest absolute Gasteiger partial charge is 0.269 e. The van der Waals surface area contributed by atoms with Gasteiger partial charge in [-0.15, -0.1) is 0 Å². The molecule has 1 heterocycles. The minimum Gasteiger partial charge on any atom is -0.378 e. The first kappa shape index (κ1) is 19.2. The lowest BCUT2D eigenvalue weighted by atomic mass is 10.1. The fraction of sp³-hybridized carbons (Fsp3) is 0.200. The number of hydrogen-bond acceptors (Lipinski definition) is 5. The predicted octanol–water partition coefficient (Wildman–Crippen LogP) is 2.72. The monoisotopic (exact) mass is 381 g/mol. The summed E-state index contributed by atoms with van der Waals surface area (Å²) in [4.78, 5) is 36.5. The quantitative estimate of drug-likeness (QED) is 0.487. The van der Waals surface area contributed by atoms with E-state index < -0.39 is 4.92 Å². The second-order valence-corrected chi connectivity index (χ2v) is 6.16. The van der Waals surface area contributed by atoms with E-state index in [1.807, 2.05) is 0 Å². The standard InChI is InChI=1S/C20H19N3O5/c24-19(9-6-15-4-7-18(8-5-15)23(26)27)21-17-3-1-2-16(14-17)20(25)22-10-12-28-13-11-22/h1-9,14H,10-13H2,(H,21,24)/b9-6+. The number of anilines is 1. The predicted molar refractivity (Wildman–Crippen MR) is 104 cm³/mol. The number of benzene rings is 2. The molecule has 0 bridgehead atoms. The molecular formula is C20H19N3O5. The summed E-state index contributed by atoms with van der Waals surface area (Å²) in [6, 6.07) is 12.6. The van der Waals surface area contributed by atoms with Crippen LogP contribution in [0.4, 0.5) is 11.4 Å². The van der Waals surface area contributed by atoms with Crippen molar-refractivity contribution in [3.8, 4) is 0 Å². The molecule has 0 unspecified atom stereocenters. The molecule has 3 rings (SSSR count). The largest absolute Gasteiger partial charge is 0.378 e. The molecule has 0 aliphatic carbocycles. The zero-order valence-electron chi connectivity index (χ0n) is 15.0. The molecule has 2 aromatic rings. The second kappa shape index (κ2) is 8.92. The van der Waals surface area contributed by atoms with Crippen molar-refractivity contribution in [2.45, 2.75) is 0 Å². The number of amides is 2. The molecule has 1 fully saturated rings. The first-order valence-corrected chi connectivity index (χ1v) is 8.73. The number of nitro groups is 1. The summed E-state index contributed by atoms with van der Waals surface area (Å²) in [5.41, 5.74) is 1.66. The Bertz CT molecular complexity index is 902. The average molecular weight is 381 g/mol. The maximum absolute atomic E-state index is 12.5. The molecule has 28 heavy (non-hydrogen) atoms. The van der Waals surface area contributed by atoms with Gasteiger partial charge in [-0.05, 0) is 42.0 Å². The zero-order chi connectivity index (χ0) is 19.9. The van der Waals surface area contributed by atoms with Gasteiger partial charge in [0.2, 0.25) is 5.91 Å². The van der Waals surface area contributed by atoms with Crippen molar-refractivity contribution in [3.63, 3.8) is 0 Å². The summed E-state index contributed by atoms with van der Waals surface area (Å²) in [7, 11) is 0. The van der Waals surface area contributed by atoms with Crippen LogP contribution in [0, 0.1) is 10.1 Å². The number of morpholine rings is 1. The van der Waals surface area contributed by atoms with Crippen LogP contribution in [0.2, 0.25) is 0 Å². The average Bonchev–Trinajstić information content (AvgIpc) is 2.73. The summed E-state index contributed by atoms with van der Waals surface area (Å²) in [6.07, 6.45) is 2.89. The first-order valence-electron chi connectivity index (χ1n) is 8.73. The third-order valence-corrected chi connectivity index (χ3v) is 4.21. The summed E-state index contributed by atoms with van der Waals surface area (Å²) < 4.78 is 5.25. The van der Waals surface area contributed by atoms with Gasteiger partial charge in [-0.3, -0.25) is 19.7 Å². The maximum Gasteiger partial charge on any atom is 0.269 e. The molecule has 1 aliphatic heterocycles. The zero-order valence-corrected chi connectivity index (χ0v) is 15.0. The SMILES string of the molecule is O=C(/C=C/c1ccc([N+](=O)[O-])cc1)Nc1cccc(C(=O)N2CCOCC2)c1. The molecule has 0 radical (unpaired) electrons. The third-order valence-electron chi connectivity index (χ3n) is 4.21. The molecule has 8 nitrogen and oxygen atoms in total. The highest BCUT2D eigenvalue weighted by atomic mass is 16.6.